The van der Waals surface area contributed by atoms with Crippen molar-refractivity contribution in [2.75, 3.05) is 12.3 Å². The number of carbonyl (C=O) groups excluding carboxylic acids is 1. The Hall–Kier alpha value is -3.87. The van der Waals surface area contributed by atoms with E-state index in [-0.39, 0.29) is 23.5 Å². The molecule has 0 fully saturated rings. The Kier molecular flexibility index (Phi) is 6.01. The Morgan fingerprint density at radius 3 is 2.53 bits per heavy atom. The molecule has 7 nitrogen and oxygen atoms in total. The summed E-state index contributed by atoms with van der Waals surface area (Å²) in [4.78, 5) is 15.3. The van der Waals surface area contributed by atoms with Gasteiger partial charge < -0.3 is 11.1 Å². The standard InChI is InChI=1S/C20H17F3N6O/c21-20(22,23)17-9-8-13(12-27-17)19(30)26-10-4-7-16-15(11-24)18(25)29(28-16)14-5-2-1-3-6-14/h1-3,5-6,8-9,12H,4,7,10,25H2,(H,26,30). The third-order valence-electron chi connectivity index (χ3n) is 4.30. The van der Waals surface area contributed by atoms with Crippen LogP contribution in [0, 0.1) is 11.3 Å². The lowest BCUT2D eigenvalue weighted by Crippen LogP contribution is -2.25. The smallest absolute Gasteiger partial charge is 0.382 e. The normalized spacial score (nSPS) is 11.1. The average molecular weight is 414 g/mol. The van der Waals surface area contributed by atoms with Crippen molar-refractivity contribution in [3.63, 3.8) is 0 Å². The molecule has 2 aromatic heterocycles. The molecule has 0 spiro atoms. The molecule has 10 heteroatoms. The molecule has 0 aliphatic carbocycles. The summed E-state index contributed by atoms with van der Waals surface area (Å²) < 4.78 is 39.1. The molecule has 2 heterocycles. The number of aromatic nitrogens is 3. The van der Waals surface area contributed by atoms with Gasteiger partial charge in [0.25, 0.3) is 5.91 Å². The van der Waals surface area contributed by atoms with Gasteiger partial charge in [-0.15, -0.1) is 0 Å². The molecule has 1 amide bonds. The lowest BCUT2D eigenvalue weighted by molar-refractivity contribution is -0.141. The highest BCUT2D eigenvalue weighted by Gasteiger charge is 2.32. The van der Waals surface area contributed by atoms with Crippen LogP contribution in [0.15, 0.2) is 48.7 Å². The minimum absolute atomic E-state index is 0.0262. The van der Waals surface area contributed by atoms with E-state index in [2.05, 4.69) is 21.5 Å². The van der Waals surface area contributed by atoms with Crippen molar-refractivity contribution in [1.29, 1.82) is 5.26 Å². The van der Waals surface area contributed by atoms with E-state index in [4.69, 9.17) is 5.73 Å². The summed E-state index contributed by atoms with van der Waals surface area (Å²) in [6.07, 6.45) is -2.83. The SMILES string of the molecule is N#Cc1c(CCCNC(=O)c2ccc(C(F)(F)F)nc2)nn(-c2ccccc2)c1N. The third-order valence-corrected chi connectivity index (χ3v) is 4.30. The highest BCUT2D eigenvalue weighted by molar-refractivity contribution is 5.93. The quantitative estimate of drug-likeness (QED) is 0.603. The number of amides is 1. The Labute approximate surface area is 170 Å². The zero-order chi connectivity index (χ0) is 21.7. The number of nitrogens with two attached hydrogens (primary N) is 1. The molecule has 0 unspecified atom stereocenters. The van der Waals surface area contributed by atoms with Crippen LogP contribution in [-0.2, 0) is 12.6 Å². The third kappa shape index (κ3) is 4.57. The van der Waals surface area contributed by atoms with E-state index in [1.807, 2.05) is 30.3 Å². The van der Waals surface area contributed by atoms with Crippen molar-refractivity contribution in [1.82, 2.24) is 20.1 Å². The van der Waals surface area contributed by atoms with E-state index >= 15 is 0 Å². The van der Waals surface area contributed by atoms with E-state index in [0.717, 1.165) is 24.0 Å². The van der Waals surface area contributed by atoms with E-state index in [9.17, 15) is 23.2 Å². The van der Waals surface area contributed by atoms with Crippen molar-refractivity contribution in [2.24, 2.45) is 0 Å². The van der Waals surface area contributed by atoms with E-state index in [1.54, 1.807) is 0 Å². The number of nitrogen functional groups attached to an aromatic ring is 1. The number of nitriles is 1. The van der Waals surface area contributed by atoms with Crippen molar-refractivity contribution >= 4 is 11.7 Å². The summed E-state index contributed by atoms with van der Waals surface area (Å²) in [5.41, 5.74) is 6.51. The van der Waals surface area contributed by atoms with Crippen LogP contribution < -0.4 is 11.1 Å². The van der Waals surface area contributed by atoms with Crippen molar-refractivity contribution in [3.05, 3.63) is 71.2 Å². The molecule has 0 atom stereocenters. The first-order valence-corrected chi connectivity index (χ1v) is 8.95. The van der Waals surface area contributed by atoms with Crippen LogP contribution in [0.2, 0.25) is 0 Å². The van der Waals surface area contributed by atoms with Gasteiger partial charge in [0, 0.05) is 12.7 Å². The summed E-state index contributed by atoms with van der Waals surface area (Å²) in [6.45, 7) is 0.239. The fourth-order valence-corrected chi connectivity index (χ4v) is 2.80. The number of nitrogens with one attached hydrogen (secondary N) is 1. The molecule has 0 bridgehead atoms. The zero-order valence-electron chi connectivity index (χ0n) is 15.6. The first kappa shape index (κ1) is 20.9. The van der Waals surface area contributed by atoms with Gasteiger partial charge in [0.2, 0.25) is 0 Å². The second kappa shape index (κ2) is 8.65. The maximum absolute atomic E-state index is 12.5. The zero-order valence-corrected chi connectivity index (χ0v) is 15.6. The monoisotopic (exact) mass is 414 g/mol. The number of hydrogen-bond donors (Lipinski definition) is 2. The molecule has 154 valence electrons. The van der Waals surface area contributed by atoms with Crippen LogP contribution in [0.5, 0.6) is 0 Å². The number of nitrogens with zero attached hydrogens (tertiary/aromatic N) is 4. The van der Waals surface area contributed by atoms with E-state index in [0.29, 0.717) is 18.5 Å². The number of carbonyl (C=O) groups is 1. The average Bonchev–Trinajstić information content (AvgIpc) is 3.06. The minimum atomic E-state index is -4.56. The Morgan fingerprint density at radius 1 is 1.20 bits per heavy atom. The second-order valence-electron chi connectivity index (χ2n) is 6.36. The maximum atomic E-state index is 12.5. The van der Waals surface area contributed by atoms with Crippen LogP contribution in [0.25, 0.3) is 5.69 Å². The Bertz CT molecular complexity index is 1070. The topological polar surface area (TPSA) is 110 Å². The second-order valence-corrected chi connectivity index (χ2v) is 6.36. The fourth-order valence-electron chi connectivity index (χ4n) is 2.80. The molecule has 0 aliphatic rings. The van der Waals surface area contributed by atoms with E-state index < -0.39 is 17.8 Å². The van der Waals surface area contributed by atoms with Gasteiger partial charge in [-0.25, -0.2) is 4.68 Å². The lowest BCUT2D eigenvalue weighted by Gasteiger charge is -2.07. The van der Waals surface area contributed by atoms with Gasteiger partial charge >= 0.3 is 6.18 Å². The molecule has 30 heavy (non-hydrogen) atoms. The first-order chi connectivity index (χ1) is 14.3. The summed E-state index contributed by atoms with van der Waals surface area (Å²) in [5.74, 6) is -0.301. The Balaban J connectivity index is 1.59. The largest absolute Gasteiger partial charge is 0.433 e. The van der Waals surface area contributed by atoms with Crippen molar-refractivity contribution in [2.45, 2.75) is 19.0 Å². The number of halogens is 3. The van der Waals surface area contributed by atoms with Gasteiger partial charge in [-0.05, 0) is 37.1 Å². The van der Waals surface area contributed by atoms with E-state index in [1.165, 1.54) is 4.68 Å². The predicted molar refractivity (Wildman–Crippen MR) is 103 cm³/mol. The molecular formula is C20H17F3N6O. The molecule has 0 aliphatic heterocycles. The molecule has 3 aromatic rings. The molecule has 0 radical (unpaired) electrons. The minimum Gasteiger partial charge on any atom is -0.382 e. The van der Waals surface area contributed by atoms with Crippen LogP contribution in [0.4, 0.5) is 19.0 Å². The number of anilines is 1. The first-order valence-electron chi connectivity index (χ1n) is 8.95. The van der Waals surface area contributed by atoms with Crippen molar-refractivity contribution < 1.29 is 18.0 Å². The summed E-state index contributed by atoms with van der Waals surface area (Å²) >= 11 is 0. The molecule has 0 saturated heterocycles. The molecule has 3 N–H and O–H groups in total. The molecule has 0 saturated carbocycles. The van der Waals surface area contributed by atoms with Crippen LogP contribution >= 0.6 is 0 Å². The number of alkyl halides is 3. The molecule has 1 aromatic carbocycles. The summed E-state index contributed by atoms with van der Waals surface area (Å²) in [6, 6.07) is 13.0. The number of aryl methyl sites for hydroxylation is 1. The van der Waals surface area contributed by atoms with Gasteiger partial charge in [0.05, 0.1) is 16.9 Å². The van der Waals surface area contributed by atoms with Gasteiger partial charge in [0.1, 0.15) is 23.1 Å². The maximum Gasteiger partial charge on any atom is 0.433 e. The number of benzene rings is 1. The molecular weight excluding hydrogens is 397 g/mol. The van der Waals surface area contributed by atoms with Crippen LogP contribution in [0.3, 0.4) is 0 Å². The number of rotatable bonds is 6. The molecule has 3 rings (SSSR count). The van der Waals surface area contributed by atoms with Crippen molar-refractivity contribution in [3.8, 4) is 11.8 Å². The van der Waals surface area contributed by atoms with Gasteiger partial charge in [-0.2, -0.15) is 23.5 Å². The van der Waals surface area contributed by atoms with Crippen LogP contribution in [-0.4, -0.2) is 27.2 Å². The predicted octanol–water partition coefficient (Wildman–Crippen LogP) is 3.10. The highest BCUT2D eigenvalue weighted by Crippen LogP contribution is 2.27. The fraction of sp³-hybridized carbons (Fsp3) is 0.200. The number of para-hydroxylation sites is 1. The number of pyridine rings is 1. The van der Waals surface area contributed by atoms with Gasteiger partial charge in [-0.3, -0.25) is 9.78 Å². The summed E-state index contributed by atoms with van der Waals surface area (Å²) in [7, 11) is 0. The number of hydrogen-bond acceptors (Lipinski definition) is 5. The highest BCUT2D eigenvalue weighted by atomic mass is 19.4. The Morgan fingerprint density at radius 2 is 1.93 bits per heavy atom. The lowest BCUT2D eigenvalue weighted by atomic mass is 10.1. The van der Waals surface area contributed by atoms with Gasteiger partial charge in [0.15, 0.2) is 0 Å². The van der Waals surface area contributed by atoms with Crippen LogP contribution in [0.1, 0.15) is 33.7 Å². The summed E-state index contributed by atoms with van der Waals surface area (Å²) in [5, 5.41) is 16.4. The van der Waals surface area contributed by atoms with Gasteiger partial charge in [-0.1, -0.05) is 18.2 Å².